The Bertz CT molecular complexity index is 513. The highest BCUT2D eigenvalue weighted by Gasteiger charge is 2.07. The molecule has 0 radical (unpaired) electrons. The lowest BCUT2D eigenvalue weighted by Gasteiger charge is -2.04. The number of rotatable bonds is 0. The fourth-order valence-corrected chi connectivity index (χ4v) is 1.92. The van der Waals surface area contributed by atoms with Gasteiger partial charge in [-0.15, -0.1) is 0 Å². The van der Waals surface area contributed by atoms with Gasteiger partial charge < -0.3 is 0 Å². The van der Waals surface area contributed by atoms with Crippen LogP contribution >= 0.6 is 34.2 Å². The summed E-state index contributed by atoms with van der Waals surface area (Å²) in [6.07, 6.45) is 1.65. The second-order valence-electron chi connectivity index (χ2n) is 3.04. The average Bonchev–Trinajstić information content (AvgIpc) is 2.15. The molecular weight excluding hydrogens is 315 g/mol. The van der Waals surface area contributed by atoms with Crippen molar-refractivity contribution in [2.45, 2.75) is 6.92 Å². The maximum atomic E-state index is 13.2. The summed E-state index contributed by atoms with van der Waals surface area (Å²) in [7, 11) is 0. The van der Waals surface area contributed by atoms with E-state index in [9.17, 15) is 4.39 Å². The van der Waals surface area contributed by atoms with Gasteiger partial charge in [0, 0.05) is 21.2 Å². The first-order valence-electron chi connectivity index (χ1n) is 3.99. The second kappa shape index (κ2) is 3.62. The summed E-state index contributed by atoms with van der Waals surface area (Å²) in [6, 6.07) is 3.12. The molecule has 0 unspecified atom stereocenters. The number of hydrogen-bond acceptors (Lipinski definition) is 1. The van der Waals surface area contributed by atoms with Crippen molar-refractivity contribution in [3.63, 3.8) is 0 Å². The molecule has 2 aromatic rings. The Morgan fingerprint density at radius 2 is 2.14 bits per heavy atom. The van der Waals surface area contributed by atoms with E-state index in [-0.39, 0.29) is 5.82 Å². The van der Waals surface area contributed by atoms with Gasteiger partial charge in [-0.05, 0) is 41.1 Å². The first-order valence-corrected chi connectivity index (χ1v) is 5.45. The molecule has 0 bridgehead atoms. The van der Waals surface area contributed by atoms with Crippen LogP contribution in [0.15, 0.2) is 18.3 Å². The third-order valence-electron chi connectivity index (χ3n) is 2.02. The smallest absolute Gasteiger partial charge is 0.138 e. The SMILES string of the molecule is Cc1cnc2cc(F)c(I)cc2c1Cl. The lowest BCUT2D eigenvalue weighted by Crippen LogP contribution is -1.88. The summed E-state index contributed by atoms with van der Waals surface area (Å²) in [4.78, 5) is 4.12. The number of benzene rings is 1. The Hall–Kier alpha value is -0.420. The van der Waals surface area contributed by atoms with Crippen LogP contribution in [-0.2, 0) is 0 Å². The number of nitrogens with zero attached hydrogens (tertiary/aromatic N) is 1. The zero-order valence-corrected chi connectivity index (χ0v) is 10.2. The van der Waals surface area contributed by atoms with Crippen LogP contribution < -0.4 is 0 Å². The Balaban J connectivity index is 2.89. The van der Waals surface area contributed by atoms with Crippen LogP contribution in [0.3, 0.4) is 0 Å². The van der Waals surface area contributed by atoms with Gasteiger partial charge in [0.2, 0.25) is 0 Å². The van der Waals surface area contributed by atoms with Crippen molar-refractivity contribution in [2.24, 2.45) is 0 Å². The van der Waals surface area contributed by atoms with Crippen LogP contribution in [0.25, 0.3) is 10.9 Å². The van der Waals surface area contributed by atoms with Crippen LogP contribution in [-0.4, -0.2) is 4.98 Å². The Morgan fingerprint density at radius 1 is 1.43 bits per heavy atom. The first-order chi connectivity index (χ1) is 6.59. The van der Waals surface area contributed by atoms with Gasteiger partial charge in [0.1, 0.15) is 5.82 Å². The maximum Gasteiger partial charge on any atom is 0.138 e. The van der Waals surface area contributed by atoms with Gasteiger partial charge in [0.25, 0.3) is 0 Å². The molecule has 0 saturated carbocycles. The molecule has 0 amide bonds. The van der Waals surface area contributed by atoms with Crippen molar-refractivity contribution >= 4 is 45.1 Å². The second-order valence-corrected chi connectivity index (χ2v) is 4.58. The predicted molar refractivity (Wildman–Crippen MR) is 64.2 cm³/mol. The lowest BCUT2D eigenvalue weighted by molar-refractivity contribution is 0.622. The van der Waals surface area contributed by atoms with Crippen LogP contribution in [0, 0.1) is 16.3 Å². The van der Waals surface area contributed by atoms with Crippen LogP contribution in [0.4, 0.5) is 4.39 Å². The molecule has 0 saturated heterocycles. The van der Waals surface area contributed by atoms with E-state index >= 15 is 0 Å². The zero-order valence-electron chi connectivity index (χ0n) is 7.31. The quantitative estimate of drug-likeness (QED) is 0.670. The largest absolute Gasteiger partial charge is 0.256 e. The molecule has 0 spiro atoms. The van der Waals surface area contributed by atoms with Gasteiger partial charge in [-0.2, -0.15) is 0 Å². The number of fused-ring (bicyclic) bond motifs is 1. The van der Waals surface area contributed by atoms with Gasteiger partial charge in [-0.1, -0.05) is 11.6 Å². The van der Waals surface area contributed by atoms with E-state index < -0.39 is 0 Å². The molecule has 4 heteroatoms. The molecule has 1 heterocycles. The number of aryl methyl sites for hydroxylation is 1. The monoisotopic (exact) mass is 321 g/mol. The van der Waals surface area contributed by atoms with Crippen molar-refractivity contribution in [1.29, 1.82) is 0 Å². The van der Waals surface area contributed by atoms with Gasteiger partial charge in [-0.3, -0.25) is 4.98 Å². The summed E-state index contributed by atoms with van der Waals surface area (Å²) < 4.78 is 13.7. The molecule has 14 heavy (non-hydrogen) atoms. The molecule has 0 aliphatic heterocycles. The van der Waals surface area contributed by atoms with Gasteiger partial charge in [0.15, 0.2) is 0 Å². The maximum absolute atomic E-state index is 13.2. The molecule has 0 atom stereocenters. The van der Waals surface area contributed by atoms with Gasteiger partial charge in [-0.25, -0.2) is 4.39 Å². The minimum atomic E-state index is -0.259. The molecular formula is C10H6ClFIN. The number of halogens is 3. The van der Waals surface area contributed by atoms with Crippen LogP contribution in [0.5, 0.6) is 0 Å². The molecule has 72 valence electrons. The molecule has 2 rings (SSSR count). The van der Waals surface area contributed by atoms with Crippen molar-refractivity contribution < 1.29 is 4.39 Å². The van der Waals surface area contributed by atoms with E-state index in [1.165, 1.54) is 6.07 Å². The normalized spacial score (nSPS) is 10.9. The number of aromatic nitrogens is 1. The lowest BCUT2D eigenvalue weighted by atomic mass is 10.2. The number of hydrogen-bond donors (Lipinski definition) is 0. The standard InChI is InChI=1S/C10H6ClFIN/c1-5-4-14-9-3-7(12)8(13)2-6(9)10(5)11/h2-4H,1H3. The Morgan fingerprint density at radius 3 is 2.86 bits per heavy atom. The van der Waals surface area contributed by atoms with Crippen LogP contribution in [0.2, 0.25) is 5.02 Å². The van der Waals surface area contributed by atoms with Crippen molar-refractivity contribution in [3.8, 4) is 0 Å². The predicted octanol–water partition coefficient (Wildman–Crippen LogP) is 3.94. The summed E-state index contributed by atoms with van der Waals surface area (Å²) in [6.45, 7) is 1.88. The molecule has 0 aliphatic carbocycles. The summed E-state index contributed by atoms with van der Waals surface area (Å²) in [5, 5.41) is 1.45. The van der Waals surface area contributed by atoms with Gasteiger partial charge >= 0.3 is 0 Å². The first kappa shape index (κ1) is 10.1. The van der Waals surface area contributed by atoms with E-state index in [1.807, 2.05) is 29.5 Å². The van der Waals surface area contributed by atoms with E-state index in [0.29, 0.717) is 14.1 Å². The highest BCUT2D eigenvalue weighted by molar-refractivity contribution is 14.1. The van der Waals surface area contributed by atoms with Gasteiger partial charge in [0.05, 0.1) is 10.5 Å². The van der Waals surface area contributed by atoms with Crippen molar-refractivity contribution in [2.75, 3.05) is 0 Å². The fourth-order valence-electron chi connectivity index (χ4n) is 1.25. The fraction of sp³-hybridized carbons (Fsp3) is 0.100. The third kappa shape index (κ3) is 1.59. The third-order valence-corrected chi connectivity index (χ3v) is 3.35. The highest BCUT2D eigenvalue weighted by Crippen LogP contribution is 2.27. The molecule has 0 fully saturated rings. The molecule has 1 aromatic carbocycles. The summed E-state index contributed by atoms with van der Waals surface area (Å²) in [5.74, 6) is -0.259. The van der Waals surface area contributed by atoms with E-state index in [2.05, 4.69) is 4.98 Å². The minimum absolute atomic E-state index is 0.259. The van der Waals surface area contributed by atoms with E-state index in [1.54, 1.807) is 12.3 Å². The average molecular weight is 322 g/mol. The molecule has 0 N–H and O–H groups in total. The highest BCUT2D eigenvalue weighted by atomic mass is 127. The Kier molecular flexibility index (Phi) is 2.62. The van der Waals surface area contributed by atoms with E-state index in [0.717, 1.165) is 10.9 Å². The Labute approximate surface area is 99.4 Å². The molecule has 0 aliphatic rings. The van der Waals surface area contributed by atoms with E-state index in [4.69, 9.17) is 11.6 Å². The van der Waals surface area contributed by atoms with Crippen LogP contribution in [0.1, 0.15) is 5.56 Å². The number of pyridine rings is 1. The molecule has 1 aromatic heterocycles. The molecule has 1 nitrogen and oxygen atoms in total. The zero-order chi connectivity index (χ0) is 10.3. The van der Waals surface area contributed by atoms with Crippen molar-refractivity contribution in [3.05, 3.63) is 38.3 Å². The van der Waals surface area contributed by atoms with Crippen molar-refractivity contribution in [1.82, 2.24) is 4.98 Å². The summed E-state index contributed by atoms with van der Waals surface area (Å²) >= 11 is 8.02. The topological polar surface area (TPSA) is 12.9 Å². The summed E-state index contributed by atoms with van der Waals surface area (Å²) in [5.41, 5.74) is 1.50. The minimum Gasteiger partial charge on any atom is -0.256 e.